The zero-order valence-corrected chi connectivity index (χ0v) is 20.9. The molecule has 2 aromatic carbocycles. The molecular formula is C28H30N6O3. The fourth-order valence-corrected chi connectivity index (χ4v) is 5.94. The van der Waals surface area contributed by atoms with Crippen LogP contribution in [0, 0.1) is 18.8 Å². The van der Waals surface area contributed by atoms with Crippen molar-refractivity contribution in [2.24, 2.45) is 11.8 Å². The van der Waals surface area contributed by atoms with E-state index in [1.165, 1.54) is 0 Å². The van der Waals surface area contributed by atoms with Gasteiger partial charge in [0.25, 0.3) is 0 Å². The maximum atomic E-state index is 13.2. The number of aromatic nitrogens is 4. The van der Waals surface area contributed by atoms with Gasteiger partial charge in [0.05, 0.1) is 30.4 Å². The van der Waals surface area contributed by atoms with Gasteiger partial charge in [-0.3, -0.25) is 4.98 Å². The Labute approximate surface area is 215 Å². The molecule has 0 spiro atoms. The highest BCUT2D eigenvalue weighted by molar-refractivity contribution is 5.89. The minimum atomic E-state index is -0.115. The SMILES string of the molecule is COc1cccc(NC(=O)N2C[C@H]3C[C@H](Oc4cnccn4)[C@@H](n4c(C)nc5ccccc54)C[C@H]3C2)c1. The van der Waals surface area contributed by atoms with Crippen molar-refractivity contribution in [1.82, 2.24) is 24.4 Å². The van der Waals surface area contributed by atoms with Crippen LogP contribution in [0.25, 0.3) is 11.0 Å². The Morgan fingerprint density at radius 3 is 2.70 bits per heavy atom. The maximum absolute atomic E-state index is 13.2. The quantitative estimate of drug-likeness (QED) is 0.428. The van der Waals surface area contributed by atoms with Crippen LogP contribution < -0.4 is 14.8 Å². The van der Waals surface area contributed by atoms with Gasteiger partial charge in [-0.25, -0.2) is 14.8 Å². The van der Waals surface area contributed by atoms with Gasteiger partial charge >= 0.3 is 6.03 Å². The Kier molecular flexibility index (Phi) is 6.12. The van der Waals surface area contributed by atoms with Crippen molar-refractivity contribution in [2.75, 3.05) is 25.5 Å². The number of hydrogen-bond acceptors (Lipinski definition) is 6. The van der Waals surface area contributed by atoms with Crippen LogP contribution in [0.2, 0.25) is 0 Å². The number of ether oxygens (including phenoxy) is 2. The molecule has 190 valence electrons. The summed E-state index contributed by atoms with van der Waals surface area (Å²) in [6.45, 7) is 3.45. The minimum absolute atomic E-state index is 0.0667. The topological polar surface area (TPSA) is 94.4 Å². The second-order valence-electron chi connectivity index (χ2n) is 9.84. The molecule has 9 heteroatoms. The van der Waals surface area contributed by atoms with Crippen molar-refractivity contribution in [3.8, 4) is 11.6 Å². The maximum Gasteiger partial charge on any atom is 0.321 e. The standard InChI is InChI=1S/C28H30N6O3/c1-18-31-23-8-3-4-9-24(23)34(18)25-12-19-16-33(28(35)32-21-6-5-7-22(14-21)36-2)17-20(19)13-26(25)37-27-15-29-10-11-30-27/h3-11,14-15,19-20,25-26H,12-13,16-17H2,1-2H3,(H,32,35)/t19-,20+,25-,26-/m0/s1. The van der Waals surface area contributed by atoms with Crippen LogP contribution in [-0.4, -0.2) is 56.8 Å². The lowest BCUT2D eigenvalue weighted by Gasteiger charge is -2.39. The van der Waals surface area contributed by atoms with Crippen LogP contribution in [0.3, 0.4) is 0 Å². The largest absolute Gasteiger partial charge is 0.497 e. The smallest absolute Gasteiger partial charge is 0.321 e. The number of nitrogens with one attached hydrogen (secondary N) is 1. The van der Waals surface area contributed by atoms with Gasteiger partial charge in [-0.1, -0.05) is 18.2 Å². The first-order chi connectivity index (χ1) is 18.1. The number of hydrogen-bond donors (Lipinski definition) is 1. The lowest BCUT2D eigenvalue weighted by molar-refractivity contribution is 0.0519. The molecule has 9 nitrogen and oxygen atoms in total. The van der Waals surface area contributed by atoms with E-state index in [2.05, 4.69) is 25.9 Å². The zero-order valence-electron chi connectivity index (χ0n) is 20.9. The summed E-state index contributed by atoms with van der Waals surface area (Å²) in [7, 11) is 1.62. The van der Waals surface area contributed by atoms with E-state index >= 15 is 0 Å². The normalized spacial score (nSPS) is 23.0. The van der Waals surface area contributed by atoms with E-state index < -0.39 is 0 Å². The van der Waals surface area contributed by atoms with Gasteiger partial charge < -0.3 is 24.3 Å². The predicted molar refractivity (Wildman–Crippen MR) is 140 cm³/mol. The Bertz CT molecular complexity index is 1410. The number of fused-ring (bicyclic) bond motifs is 2. The number of methoxy groups -OCH3 is 1. The number of carbonyl (C=O) groups is 1. The number of carbonyl (C=O) groups excluding carboxylic acids is 1. The lowest BCUT2D eigenvalue weighted by atomic mass is 9.77. The molecule has 4 aromatic rings. The summed E-state index contributed by atoms with van der Waals surface area (Å²) in [5, 5.41) is 3.03. The molecule has 6 rings (SSSR count). The number of aryl methyl sites for hydroxylation is 1. The number of anilines is 1. The number of nitrogens with zero attached hydrogens (tertiary/aromatic N) is 5. The van der Waals surface area contributed by atoms with E-state index in [4.69, 9.17) is 14.5 Å². The van der Waals surface area contributed by atoms with Gasteiger partial charge in [-0.05, 0) is 55.9 Å². The highest BCUT2D eigenvalue weighted by atomic mass is 16.5. The summed E-state index contributed by atoms with van der Waals surface area (Å²) in [5.41, 5.74) is 2.80. The van der Waals surface area contributed by atoms with Gasteiger partial charge in [0.1, 0.15) is 17.7 Å². The molecule has 0 radical (unpaired) electrons. The third-order valence-corrected chi connectivity index (χ3v) is 7.61. The van der Waals surface area contributed by atoms with E-state index in [9.17, 15) is 4.79 Å². The number of likely N-dealkylation sites (tertiary alicyclic amines) is 1. The lowest BCUT2D eigenvalue weighted by Crippen LogP contribution is -2.40. The fourth-order valence-electron chi connectivity index (χ4n) is 5.94. The van der Waals surface area contributed by atoms with Gasteiger partial charge in [0.2, 0.25) is 5.88 Å². The molecule has 1 aliphatic heterocycles. The molecule has 2 amide bonds. The molecule has 2 aromatic heterocycles. The van der Waals surface area contributed by atoms with Crippen LogP contribution in [0.4, 0.5) is 10.5 Å². The van der Waals surface area contributed by atoms with Gasteiger partial charge in [-0.15, -0.1) is 0 Å². The Morgan fingerprint density at radius 2 is 1.89 bits per heavy atom. The fraction of sp³-hybridized carbons (Fsp3) is 0.357. The van der Waals surface area contributed by atoms with Crippen molar-refractivity contribution >= 4 is 22.8 Å². The minimum Gasteiger partial charge on any atom is -0.497 e. The van der Waals surface area contributed by atoms with Gasteiger partial charge in [0.15, 0.2) is 0 Å². The first kappa shape index (κ1) is 23.3. The first-order valence-corrected chi connectivity index (χ1v) is 12.7. The third-order valence-electron chi connectivity index (χ3n) is 7.61. The predicted octanol–water partition coefficient (Wildman–Crippen LogP) is 4.71. The molecule has 1 saturated heterocycles. The molecule has 3 heterocycles. The van der Waals surface area contributed by atoms with Crippen LogP contribution >= 0.6 is 0 Å². The second-order valence-corrected chi connectivity index (χ2v) is 9.84. The van der Waals surface area contributed by atoms with Crippen LogP contribution in [0.15, 0.2) is 67.1 Å². The number of imidazole rings is 1. The molecule has 1 N–H and O–H groups in total. The molecule has 1 aliphatic carbocycles. The number of benzene rings is 2. The van der Waals surface area contributed by atoms with E-state index in [-0.39, 0.29) is 18.2 Å². The average Bonchev–Trinajstić information content (AvgIpc) is 3.48. The third kappa shape index (κ3) is 4.57. The highest BCUT2D eigenvalue weighted by Gasteiger charge is 2.46. The van der Waals surface area contributed by atoms with Gasteiger partial charge in [-0.2, -0.15) is 0 Å². The van der Waals surface area contributed by atoms with Crippen molar-refractivity contribution < 1.29 is 14.3 Å². The van der Waals surface area contributed by atoms with Crippen LogP contribution in [0.5, 0.6) is 11.6 Å². The summed E-state index contributed by atoms with van der Waals surface area (Å²) >= 11 is 0. The van der Waals surface area contributed by atoms with Gasteiger partial charge in [0, 0.05) is 37.2 Å². The molecule has 37 heavy (non-hydrogen) atoms. The number of amides is 2. The first-order valence-electron chi connectivity index (χ1n) is 12.7. The molecule has 2 aliphatic rings. The number of para-hydroxylation sites is 2. The van der Waals surface area contributed by atoms with E-state index in [1.54, 1.807) is 25.7 Å². The Balaban J connectivity index is 1.26. The van der Waals surface area contributed by atoms with Crippen molar-refractivity contribution in [2.45, 2.75) is 31.9 Å². The number of urea groups is 1. The zero-order chi connectivity index (χ0) is 25.4. The molecule has 0 bridgehead atoms. The summed E-state index contributed by atoms with van der Waals surface area (Å²) in [4.78, 5) is 28.5. The second kappa shape index (κ2) is 9.72. The van der Waals surface area contributed by atoms with Crippen molar-refractivity contribution in [3.05, 3.63) is 72.9 Å². The molecule has 4 atom stereocenters. The average molecular weight is 499 g/mol. The Morgan fingerprint density at radius 1 is 1.05 bits per heavy atom. The molecule has 0 unspecified atom stereocenters. The summed E-state index contributed by atoms with van der Waals surface area (Å²) in [6, 6.07) is 15.6. The summed E-state index contributed by atoms with van der Waals surface area (Å²) < 4.78 is 14.1. The van der Waals surface area contributed by atoms with Crippen LogP contribution in [0.1, 0.15) is 24.7 Å². The van der Waals surface area contributed by atoms with Crippen molar-refractivity contribution in [3.63, 3.8) is 0 Å². The highest BCUT2D eigenvalue weighted by Crippen LogP contribution is 2.44. The summed E-state index contributed by atoms with van der Waals surface area (Å²) in [5.74, 6) is 2.89. The molecule has 2 fully saturated rings. The van der Waals surface area contributed by atoms with E-state index in [0.29, 0.717) is 36.6 Å². The van der Waals surface area contributed by atoms with E-state index in [0.717, 1.165) is 35.4 Å². The number of rotatable bonds is 5. The van der Waals surface area contributed by atoms with E-state index in [1.807, 2.05) is 54.3 Å². The molecule has 1 saturated carbocycles. The monoisotopic (exact) mass is 498 g/mol. The van der Waals surface area contributed by atoms with Crippen molar-refractivity contribution in [1.29, 1.82) is 0 Å². The Hall–Kier alpha value is -4.14. The summed E-state index contributed by atoms with van der Waals surface area (Å²) in [6.07, 6.45) is 6.54. The molecular weight excluding hydrogens is 468 g/mol. The van der Waals surface area contributed by atoms with Crippen LogP contribution in [-0.2, 0) is 0 Å².